The van der Waals surface area contributed by atoms with Gasteiger partial charge in [0.1, 0.15) is 0 Å². The van der Waals surface area contributed by atoms with E-state index in [0.29, 0.717) is 5.56 Å². The number of anilines is 1. The number of halogens is 1. The van der Waals surface area contributed by atoms with Gasteiger partial charge in [-0.2, -0.15) is 0 Å². The quantitative estimate of drug-likeness (QED) is 0.848. The summed E-state index contributed by atoms with van der Waals surface area (Å²) in [6.45, 7) is 4.10. The lowest BCUT2D eigenvalue weighted by Crippen LogP contribution is -2.46. The molecule has 0 radical (unpaired) electrons. The van der Waals surface area contributed by atoms with E-state index in [4.69, 9.17) is 0 Å². The van der Waals surface area contributed by atoms with Crippen molar-refractivity contribution in [1.82, 2.24) is 5.32 Å². The molecule has 0 fully saturated rings. The summed E-state index contributed by atoms with van der Waals surface area (Å²) < 4.78 is 0. The first-order valence-electron chi connectivity index (χ1n) is 6.08. The van der Waals surface area contributed by atoms with Crippen molar-refractivity contribution in [2.24, 2.45) is 0 Å². The van der Waals surface area contributed by atoms with Crippen LogP contribution in [0.5, 0.6) is 0 Å². The maximum Gasteiger partial charge on any atom is 0.251 e. The number of hydrogen-bond acceptors (Lipinski definition) is 2. The summed E-state index contributed by atoms with van der Waals surface area (Å²) in [4.78, 5) is 14.2. The second kappa shape index (κ2) is 6.23. The van der Waals surface area contributed by atoms with Crippen molar-refractivity contribution in [3.63, 3.8) is 0 Å². The Kier molecular flexibility index (Phi) is 5.20. The van der Waals surface area contributed by atoms with Crippen LogP contribution in [-0.2, 0) is 0 Å². The maximum absolute atomic E-state index is 12.2. The summed E-state index contributed by atoms with van der Waals surface area (Å²) in [6, 6.07) is 7.63. The van der Waals surface area contributed by atoms with Gasteiger partial charge in [0, 0.05) is 36.2 Å². The van der Waals surface area contributed by atoms with Crippen molar-refractivity contribution in [2.75, 3.05) is 24.3 Å². The molecule has 1 aromatic carbocycles. The van der Waals surface area contributed by atoms with E-state index < -0.39 is 0 Å². The Bertz CT molecular complexity index is 414. The number of rotatable bonds is 5. The molecule has 0 saturated carbocycles. The average Bonchev–Trinajstić information content (AvgIpc) is 2.38. The molecule has 3 nitrogen and oxygen atoms in total. The van der Waals surface area contributed by atoms with Crippen molar-refractivity contribution in [1.29, 1.82) is 0 Å². The molecule has 0 aliphatic rings. The van der Waals surface area contributed by atoms with Gasteiger partial charge in [0.25, 0.3) is 5.91 Å². The molecule has 0 aliphatic heterocycles. The number of carbonyl (C=O) groups is 1. The van der Waals surface area contributed by atoms with Crippen molar-refractivity contribution < 1.29 is 4.79 Å². The van der Waals surface area contributed by atoms with Crippen LogP contribution in [0.4, 0.5) is 5.69 Å². The van der Waals surface area contributed by atoms with Gasteiger partial charge in [-0.3, -0.25) is 4.79 Å². The zero-order valence-corrected chi connectivity index (χ0v) is 13.0. The minimum absolute atomic E-state index is 0.0255. The zero-order valence-electron chi connectivity index (χ0n) is 11.5. The molecule has 1 unspecified atom stereocenters. The van der Waals surface area contributed by atoms with Gasteiger partial charge in [0.2, 0.25) is 0 Å². The standard InChI is InChI=1S/C14H21BrN2O/c1-5-14(2,10-15)16-13(18)11-7-6-8-12(9-11)17(3)4/h6-9H,5,10H2,1-4H3,(H,16,18). The van der Waals surface area contributed by atoms with Gasteiger partial charge in [0.15, 0.2) is 0 Å². The van der Waals surface area contributed by atoms with Crippen LogP contribution in [0.2, 0.25) is 0 Å². The molecule has 1 N–H and O–H groups in total. The number of hydrogen-bond donors (Lipinski definition) is 1. The van der Waals surface area contributed by atoms with Crippen molar-refractivity contribution in [3.8, 4) is 0 Å². The Morgan fingerprint density at radius 1 is 1.44 bits per heavy atom. The lowest BCUT2D eigenvalue weighted by atomic mass is 10.0. The van der Waals surface area contributed by atoms with Gasteiger partial charge in [-0.1, -0.05) is 28.9 Å². The molecular weight excluding hydrogens is 292 g/mol. The van der Waals surface area contributed by atoms with Crippen LogP contribution < -0.4 is 10.2 Å². The molecule has 0 spiro atoms. The van der Waals surface area contributed by atoms with Crippen molar-refractivity contribution in [2.45, 2.75) is 25.8 Å². The third kappa shape index (κ3) is 3.73. The normalized spacial score (nSPS) is 13.8. The van der Waals surface area contributed by atoms with E-state index >= 15 is 0 Å². The molecule has 100 valence electrons. The Morgan fingerprint density at radius 3 is 2.61 bits per heavy atom. The van der Waals surface area contributed by atoms with Crippen LogP contribution in [0.15, 0.2) is 24.3 Å². The highest BCUT2D eigenvalue weighted by atomic mass is 79.9. The highest BCUT2D eigenvalue weighted by Crippen LogP contribution is 2.16. The molecule has 1 atom stereocenters. The fourth-order valence-electron chi connectivity index (χ4n) is 1.49. The van der Waals surface area contributed by atoms with Crippen LogP contribution in [0.25, 0.3) is 0 Å². The van der Waals surface area contributed by atoms with Gasteiger partial charge in [-0.05, 0) is 31.5 Å². The molecule has 1 aromatic rings. The highest BCUT2D eigenvalue weighted by molar-refractivity contribution is 9.09. The third-order valence-corrected chi connectivity index (χ3v) is 4.35. The topological polar surface area (TPSA) is 32.3 Å². The van der Waals surface area contributed by atoms with E-state index in [9.17, 15) is 4.79 Å². The second-order valence-electron chi connectivity index (χ2n) is 4.95. The van der Waals surface area contributed by atoms with E-state index in [1.165, 1.54) is 0 Å². The molecule has 18 heavy (non-hydrogen) atoms. The Hall–Kier alpha value is -1.03. The molecule has 1 rings (SSSR count). The number of alkyl halides is 1. The molecule has 0 bridgehead atoms. The fraction of sp³-hybridized carbons (Fsp3) is 0.500. The summed E-state index contributed by atoms with van der Waals surface area (Å²) >= 11 is 3.45. The molecular formula is C14H21BrN2O. The van der Waals surface area contributed by atoms with Crippen LogP contribution in [-0.4, -0.2) is 30.9 Å². The maximum atomic E-state index is 12.2. The molecule has 0 aromatic heterocycles. The smallest absolute Gasteiger partial charge is 0.251 e. The van der Waals surface area contributed by atoms with Gasteiger partial charge in [0.05, 0.1) is 0 Å². The third-order valence-electron chi connectivity index (χ3n) is 3.12. The first kappa shape index (κ1) is 15.0. The highest BCUT2D eigenvalue weighted by Gasteiger charge is 2.23. The van der Waals surface area contributed by atoms with E-state index in [0.717, 1.165) is 17.4 Å². The molecule has 0 aliphatic carbocycles. The Balaban J connectivity index is 2.88. The number of benzene rings is 1. The largest absolute Gasteiger partial charge is 0.378 e. The predicted molar refractivity (Wildman–Crippen MR) is 80.7 cm³/mol. The summed E-state index contributed by atoms with van der Waals surface area (Å²) in [5.41, 5.74) is 1.52. The van der Waals surface area contributed by atoms with E-state index in [1.54, 1.807) is 0 Å². The minimum atomic E-state index is -0.203. The number of carbonyl (C=O) groups excluding carboxylic acids is 1. The Labute approximate surface area is 118 Å². The van der Waals surface area contributed by atoms with Crippen LogP contribution in [0, 0.1) is 0 Å². The minimum Gasteiger partial charge on any atom is -0.378 e. The first-order valence-corrected chi connectivity index (χ1v) is 7.20. The molecule has 4 heteroatoms. The van der Waals surface area contributed by atoms with Crippen LogP contribution in [0.1, 0.15) is 30.6 Å². The lowest BCUT2D eigenvalue weighted by molar-refractivity contribution is 0.0913. The molecule has 1 amide bonds. The van der Waals surface area contributed by atoms with Gasteiger partial charge in [-0.25, -0.2) is 0 Å². The number of nitrogens with one attached hydrogen (secondary N) is 1. The SMILES string of the molecule is CCC(C)(CBr)NC(=O)c1cccc(N(C)C)c1. The van der Waals surface area contributed by atoms with Gasteiger partial charge in [-0.15, -0.1) is 0 Å². The van der Waals surface area contributed by atoms with Gasteiger partial charge >= 0.3 is 0 Å². The summed E-state index contributed by atoms with van der Waals surface area (Å²) in [6.07, 6.45) is 0.886. The van der Waals surface area contributed by atoms with Crippen LogP contribution in [0.3, 0.4) is 0 Å². The van der Waals surface area contributed by atoms with Crippen LogP contribution >= 0.6 is 15.9 Å². The van der Waals surface area contributed by atoms with Crippen molar-refractivity contribution in [3.05, 3.63) is 29.8 Å². The first-order chi connectivity index (χ1) is 8.41. The second-order valence-corrected chi connectivity index (χ2v) is 5.51. The number of nitrogens with zero attached hydrogens (tertiary/aromatic N) is 1. The lowest BCUT2D eigenvalue weighted by Gasteiger charge is -2.27. The molecule has 0 saturated heterocycles. The van der Waals surface area contributed by atoms with Gasteiger partial charge < -0.3 is 10.2 Å². The summed E-state index contributed by atoms with van der Waals surface area (Å²) in [5.74, 6) is -0.0255. The van der Waals surface area contributed by atoms with Crippen molar-refractivity contribution >= 4 is 27.5 Å². The predicted octanol–water partition coefficient (Wildman–Crippen LogP) is 3.05. The molecule has 0 heterocycles. The van der Waals surface area contributed by atoms with E-state index in [1.807, 2.05) is 50.2 Å². The fourth-order valence-corrected chi connectivity index (χ4v) is 2.02. The average molecular weight is 313 g/mol. The number of amides is 1. The van der Waals surface area contributed by atoms with E-state index in [2.05, 4.69) is 28.2 Å². The monoisotopic (exact) mass is 312 g/mol. The summed E-state index contributed by atoms with van der Waals surface area (Å²) in [5, 5.41) is 3.82. The summed E-state index contributed by atoms with van der Waals surface area (Å²) in [7, 11) is 3.93. The van der Waals surface area contributed by atoms with E-state index in [-0.39, 0.29) is 11.4 Å². The Morgan fingerprint density at radius 2 is 2.11 bits per heavy atom. The zero-order chi connectivity index (χ0) is 13.8.